The fraction of sp³-hybridized carbons (Fsp3) is 0.632. The van der Waals surface area contributed by atoms with Crippen LogP contribution in [0.4, 0.5) is 0 Å². The summed E-state index contributed by atoms with van der Waals surface area (Å²) in [6, 6.07) is 11.0. The van der Waals surface area contributed by atoms with Crippen molar-refractivity contribution in [1.29, 1.82) is 0 Å². The molecule has 1 aliphatic heterocycles. The molecule has 1 aliphatic carbocycles. The minimum Gasteiger partial charge on any atom is -0.354 e. The summed E-state index contributed by atoms with van der Waals surface area (Å²) in [6.45, 7) is 5.05. The Bertz CT molecular complexity index is 497. The van der Waals surface area contributed by atoms with Crippen LogP contribution in [0.15, 0.2) is 30.3 Å². The number of hydrogen-bond donors (Lipinski definition) is 2. The van der Waals surface area contributed by atoms with Gasteiger partial charge in [0.05, 0.1) is 6.04 Å². The maximum Gasteiger partial charge on any atom is 0.237 e. The molecule has 2 N–H and O–H groups in total. The molecule has 3 unspecified atom stereocenters. The first kappa shape index (κ1) is 15.5. The van der Waals surface area contributed by atoms with Gasteiger partial charge in [0.2, 0.25) is 5.91 Å². The molecule has 2 aliphatic rings. The summed E-state index contributed by atoms with van der Waals surface area (Å²) in [4.78, 5) is 12.5. The Kier molecular flexibility index (Phi) is 4.53. The van der Waals surface area contributed by atoms with Gasteiger partial charge in [0.15, 0.2) is 0 Å². The van der Waals surface area contributed by atoms with Gasteiger partial charge in [-0.2, -0.15) is 0 Å². The lowest BCUT2D eigenvalue weighted by Crippen LogP contribution is -2.46. The van der Waals surface area contributed by atoms with Crippen LogP contribution in [0.3, 0.4) is 0 Å². The summed E-state index contributed by atoms with van der Waals surface area (Å²) < 4.78 is 0. The average Bonchev–Trinajstić information content (AvgIpc) is 2.98. The highest BCUT2D eigenvalue weighted by atomic mass is 16.2. The lowest BCUT2D eigenvalue weighted by Gasteiger charge is -2.26. The highest BCUT2D eigenvalue weighted by molar-refractivity contribution is 5.82. The van der Waals surface area contributed by atoms with E-state index in [0.29, 0.717) is 18.5 Å². The van der Waals surface area contributed by atoms with Gasteiger partial charge in [-0.1, -0.05) is 57.0 Å². The minimum absolute atomic E-state index is 0.0136. The van der Waals surface area contributed by atoms with Gasteiger partial charge in [-0.05, 0) is 30.7 Å². The van der Waals surface area contributed by atoms with Crippen LogP contribution in [0.2, 0.25) is 0 Å². The van der Waals surface area contributed by atoms with Crippen LogP contribution in [0.25, 0.3) is 0 Å². The molecular formula is C19H28N2O. The molecule has 0 aromatic heterocycles. The predicted molar refractivity (Wildman–Crippen MR) is 89.8 cm³/mol. The highest BCUT2D eigenvalue weighted by Gasteiger charge is 2.38. The molecule has 1 aromatic carbocycles. The third-order valence-electron chi connectivity index (χ3n) is 5.44. The minimum atomic E-state index is -0.0394. The SMILES string of the molecule is CC(C)(CNC(=O)C1CC2CCCCC2N1)c1ccccc1. The molecule has 3 nitrogen and oxygen atoms in total. The molecule has 0 radical (unpaired) electrons. The summed E-state index contributed by atoms with van der Waals surface area (Å²) in [7, 11) is 0. The number of hydrogen-bond acceptors (Lipinski definition) is 2. The first-order chi connectivity index (χ1) is 10.6. The van der Waals surface area contributed by atoms with Gasteiger partial charge in [-0.25, -0.2) is 0 Å². The zero-order valence-corrected chi connectivity index (χ0v) is 13.8. The van der Waals surface area contributed by atoms with E-state index in [1.165, 1.54) is 31.2 Å². The fourth-order valence-electron chi connectivity index (χ4n) is 3.94. The van der Waals surface area contributed by atoms with Gasteiger partial charge in [0, 0.05) is 18.0 Å². The fourth-order valence-corrected chi connectivity index (χ4v) is 3.94. The average molecular weight is 300 g/mol. The van der Waals surface area contributed by atoms with Crippen molar-refractivity contribution in [1.82, 2.24) is 10.6 Å². The van der Waals surface area contributed by atoms with E-state index in [1.54, 1.807) is 0 Å². The summed E-state index contributed by atoms with van der Waals surface area (Å²) in [5, 5.41) is 6.73. The van der Waals surface area contributed by atoms with Gasteiger partial charge in [-0.15, -0.1) is 0 Å². The van der Waals surface area contributed by atoms with E-state index in [-0.39, 0.29) is 17.4 Å². The zero-order chi connectivity index (χ0) is 15.6. The van der Waals surface area contributed by atoms with Crippen molar-refractivity contribution in [2.75, 3.05) is 6.54 Å². The van der Waals surface area contributed by atoms with Crippen LogP contribution in [-0.2, 0) is 10.2 Å². The van der Waals surface area contributed by atoms with Crippen molar-refractivity contribution in [2.45, 2.75) is 63.5 Å². The van der Waals surface area contributed by atoms with E-state index in [2.05, 4.69) is 48.7 Å². The van der Waals surface area contributed by atoms with Gasteiger partial charge >= 0.3 is 0 Å². The Morgan fingerprint density at radius 3 is 2.68 bits per heavy atom. The molecule has 120 valence electrons. The number of amides is 1. The topological polar surface area (TPSA) is 41.1 Å². The predicted octanol–water partition coefficient (Wildman–Crippen LogP) is 3.00. The molecule has 2 fully saturated rings. The molecule has 3 atom stereocenters. The number of rotatable bonds is 4. The van der Waals surface area contributed by atoms with Gasteiger partial charge < -0.3 is 10.6 Å². The van der Waals surface area contributed by atoms with Crippen molar-refractivity contribution in [3.05, 3.63) is 35.9 Å². The molecular weight excluding hydrogens is 272 g/mol. The van der Waals surface area contributed by atoms with Crippen molar-refractivity contribution in [3.63, 3.8) is 0 Å². The summed E-state index contributed by atoms with van der Waals surface area (Å²) in [6.07, 6.45) is 6.19. The standard InChI is InChI=1S/C19H28N2O/c1-19(2,15-9-4-3-5-10-15)13-20-18(22)17-12-14-8-6-7-11-16(14)21-17/h3-5,9-10,14,16-17,21H,6-8,11-13H2,1-2H3,(H,20,22). The molecule has 1 saturated heterocycles. The Morgan fingerprint density at radius 2 is 1.95 bits per heavy atom. The summed E-state index contributed by atoms with van der Waals surface area (Å²) >= 11 is 0. The van der Waals surface area contributed by atoms with Crippen LogP contribution < -0.4 is 10.6 Å². The van der Waals surface area contributed by atoms with Crippen molar-refractivity contribution in [3.8, 4) is 0 Å². The lowest BCUT2D eigenvalue weighted by molar-refractivity contribution is -0.123. The van der Waals surface area contributed by atoms with E-state index in [0.717, 1.165) is 6.42 Å². The molecule has 22 heavy (non-hydrogen) atoms. The molecule has 3 rings (SSSR count). The van der Waals surface area contributed by atoms with Crippen LogP contribution >= 0.6 is 0 Å². The molecule has 3 heteroatoms. The molecule has 1 saturated carbocycles. The number of carbonyl (C=O) groups excluding carboxylic acids is 1. The van der Waals surface area contributed by atoms with Crippen molar-refractivity contribution >= 4 is 5.91 Å². The summed E-state index contributed by atoms with van der Waals surface area (Å²) in [5.74, 6) is 0.894. The van der Waals surface area contributed by atoms with Crippen LogP contribution in [0, 0.1) is 5.92 Å². The molecule has 0 spiro atoms. The molecule has 0 bridgehead atoms. The zero-order valence-electron chi connectivity index (χ0n) is 13.8. The number of carbonyl (C=O) groups is 1. The van der Waals surface area contributed by atoms with E-state index in [4.69, 9.17) is 0 Å². The molecule has 1 aromatic rings. The molecule has 1 amide bonds. The Hall–Kier alpha value is -1.35. The maximum absolute atomic E-state index is 12.5. The lowest BCUT2D eigenvalue weighted by atomic mass is 9.84. The third kappa shape index (κ3) is 3.35. The number of benzene rings is 1. The monoisotopic (exact) mass is 300 g/mol. The second kappa shape index (κ2) is 6.41. The van der Waals surface area contributed by atoms with E-state index < -0.39 is 0 Å². The van der Waals surface area contributed by atoms with E-state index >= 15 is 0 Å². The quantitative estimate of drug-likeness (QED) is 0.897. The number of nitrogens with one attached hydrogen (secondary N) is 2. The van der Waals surface area contributed by atoms with Crippen LogP contribution in [0.1, 0.15) is 51.5 Å². The Balaban J connectivity index is 1.54. The first-order valence-corrected chi connectivity index (χ1v) is 8.65. The number of fused-ring (bicyclic) bond motifs is 1. The Labute approximate surface area is 133 Å². The van der Waals surface area contributed by atoms with Crippen LogP contribution in [-0.4, -0.2) is 24.5 Å². The Morgan fingerprint density at radius 1 is 1.23 bits per heavy atom. The van der Waals surface area contributed by atoms with Gasteiger partial charge in [0.1, 0.15) is 0 Å². The second-order valence-electron chi connectivity index (χ2n) is 7.57. The van der Waals surface area contributed by atoms with Crippen LogP contribution in [0.5, 0.6) is 0 Å². The largest absolute Gasteiger partial charge is 0.354 e. The first-order valence-electron chi connectivity index (χ1n) is 8.65. The smallest absolute Gasteiger partial charge is 0.237 e. The second-order valence-corrected chi connectivity index (χ2v) is 7.57. The highest BCUT2D eigenvalue weighted by Crippen LogP contribution is 2.33. The third-order valence-corrected chi connectivity index (χ3v) is 5.44. The maximum atomic E-state index is 12.5. The van der Waals surface area contributed by atoms with Crippen molar-refractivity contribution < 1.29 is 4.79 Å². The van der Waals surface area contributed by atoms with Gasteiger partial charge in [-0.3, -0.25) is 4.79 Å². The normalized spacial score (nSPS) is 28.2. The van der Waals surface area contributed by atoms with E-state index in [9.17, 15) is 4.79 Å². The van der Waals surface area contributed by atoms with Crippen molar-refractivity contribution in [2.24, 2.45) is 5.92 Å². The van der Waals surface area contributed by atoms with Gasteiger partial charge in [0.25, 0.3) is 0 Å². The molecule has 1 heterocycles. The summed E-state index contributed by atoms with van der Waals surface area (Å²) in [5.41, 5.74) is 1.23. The van der Waals surface area contributed by atoms with E-state index in [1.807, 2.05) is 6.07 Å².